The molecule has 2 aliphatic rings. The highest BCUT2D eigenvalue weighted by atomic mass is 16.5. The van der Waals surface area contributed by atoms with Gasteiger partial charge in [-0.25, -0.2) is 4.79 Å². The molecule has 0 bridgehead atoms. The van der Waals surface area contributed by atoms with Crippen LogP contribution in [0.25, 0.3) is 0 Å². The molecule has 8 nitrogen and oxygen atoms in total. The maximum absolute atomic E-state index is 12.6. The normalized spacial score (nSPS) is 24.9. The monoisotopic (exact) mass is 356 g/mol. The number of ether oxygens (including phenoxy) is 1. The van der Waals surface area contributed by atoms with Crippen LogP contribution >= 0.6 is 0 Å². The first-order chi connectivity index (χ1) is 12.4. The molecule has 1 saturated carbocycles. The van der Waals surface area contributed by atoms with Crippen LogP contribution in [0.4, 0.5) is 4.79 Å². The van der Waals surface area contributed by atoms with Crippen molar-refractivity contribution >= 4 is 17.8 Å². The van der Waals surface area contributed by atoms with E-state index >= 15 is 0 Å². The number of carbonyl (C=O) groups is 3. The van der Waals surface area contributed by atoms with Crippen LogP contribution in [0, 0.1) is 17.2 Å². The second kappa shape index (κ2) is 7.04. The van der Waals surface area contributed by atoms with Gasteiger partial charge in [-0.3, -0.25) is 15.0 Å². The summed E-state index contributed by atoms with van der Waals surface area (Å²) in [5.41, 5.74) is 1.81. The predicted octanol–water partition coefficient (Wildman–Crippen LogP) is 1.47. The minimum Gasteiger partial charge on any atom is -0.484 e. The Kier molecular flexibility index (Phi) is 4.80. The number of nitrogens with zero attached hydrogens (tertiary/aromatic N) is 2. The van der Waals surface area contributed by atoms with E-state index in [1.165, 1.54) is 6.07 Å². The van der Waals surface area contributed by atoms with Crippen LogP contribution in [-0.2, 0) is 9.59 Å². The largest absolute Gasteiger partial charge is 0.484 e. The van der Waals surface area contributed by atoms with Crippen LogP contribution in [0.1, 0.15) is 38.2 Å². The van der Waals surface area contributed by atoms with Gasteiger partial charge in [-0.15, -0.1) is 0 Å². The van der Waals surface area contributed by atoms with Crippen LogP contribution in [-0.4, -0.2) is 35.0 Å². The fourth-order valence-corrected chi connectivity index (χ4v) is 3.28. The number of hydrazine groups is 1. The standard InChI is InChI=1S/C18H20N4O4/c1-12-5-7-18(8-6-12)16(24)22(17(25)20-18)21-15(23)11-26-14-4-2-3-13(9-14)10-19/h2-4,9,12H,5-8,11H2,1H3,(H,20,25)(H,21,23). The van der Waals surface area contributed by atoms with Gasteiger partial charge < -0.3 is 10.1 Å². The predicted molar refractivity (Wildman–Crippen MR) is 90.5 cm³/mol. The number of benzene rings is 1. The van der Waals surface area contributed by atoms with Crippen molar-refractivity contribution in [1.82, 2.24) is 15.8 Å². The smallest absolute Gasteiger partial charge is 0.344 e. The van der Waals surface area contributed by atoms with E-state index in [0.717, 1.165) is 17.9 Å². The molecule has 2 N–H and O–H groups in total. The molecular weight excluding hydrogens is 336 g/mol. The lowest BCUT2D eigenvalue weighted by Gasteiger charge is -2.33. The number of rotatable bonds is 4. The van der Waals surface area contributed by atoms with Crippen LogP contribution in [0.15, 0.2) is 24.3 Å². The molecule has 1 spiro atoms. The third-order valence-electron chi connectivity index (χ3n) is 4.86. The molecule has 2 fully saturated rings. The average molecular weight is 356 g/mol. The number of urea groups is 1. The Bertz CT molecular complexity index is 778. The van der Waals surface area contributed by atoms with Crippen molar-refractivity contribution in [3.05, 3.63) is 29.8 Å². The Labute approximate surface area is 151 Å². The van der Waals surface area contributed by atoms with E-state index < -0.39 is 23.4 Å². The lowest BCUT2D eigenvalue weighted by Crippen LogP contribution is -2.52. The lowest BCUT2D eigenvalue weighted by atomic mass is 9.77. The molecule has 4 amide bonds. The van der Waals surface area contributed by atoms with Crippen LogP contribution in [0.5, 0.6) is 5.75 Å². The third-order valence-corrected chi connectivity index (χ3v) is 4.86. The summed E-state index contributed by atoms with van der Waals surface area (Å²) in [7, 11) is 0. The lowest BCUT2D eigenvalue weighted by molar-refractivity contribution is -0.140. The summed E-state index contributed by atoms with van der Waals surface area (Å²) in [6.45, 7) is 1.74. The Morgan fingerprint density at radius 1 is 1.42 bits per heavy atom. The summed E-state index contributed by atoms with van der Waals surface area (Å²) >= 11 is 0. The van der Waals surface area contributed by atoms with E-state index in [2.05, 4.69) is 17.7 Å². The minimum absolute atomic E-state index is 0.356. The summed E-state index contributed by atoms with van der Waals surface area (Å²) < 4.78 is 5.31. The van der Waals surface area contributed by atoms with Crippen molar-refractivity contribution in [3.63, 3.8) is 0 Å². The Morgan fingerprint density at radius 2 is 2.15 bits per heavy atom. The first-order valence-electron chi connectivity index (χ1n) is 8.53. The van der Waals surface area contributed by atoms with Crippen molar-refractivity contribution < 1.29 is 19.1 Å². The molecule has 1 aromatic carbocycles. The van der Waals surface area contributed by atoms with E-state index in [1.54, 1.807) is 18.2 Å². The van der Waals surface area contributed by atoms with E-state index in [0.29, 0.717) is 30.1 Å². The maximum Gasteiger partial charge on any atom is 0.344 e. The van der Waals surface area contributed by atoms with Gasteiger partial charge >= 0.3 is 6.03 Å². The van der Waals surface area contributed by atoms with Gasteiger partial charge in [-0.05, 0) is 49.8 Å². The molecular formula is C18H20N4O4. The number of nitriles is 1. The molecule has 1 aliphatic heterocycles. The number of hydrogen-bond donors (Lipinski definition) is 2. The first kappa shape index (κ1) is 17.7. The van der Waals surface area contributed by atoms with Crippen molar-refractivity contribution in [1.29, 1.82) is 5.26 Å². The average Bonchev–Trinajstić information content (AvgIpc) is 2.87. The Morgan fingerprint density at radius 3 is 2.85 bits per heavy atom. The summed E-state index contributed by atoms with van der Waals surface area (Å²) in [5, 5.41) is 12.3. The Hall–Kier alpha value is -3.08. The van der Waals surface area contributed by atoms with E-state index in [1.807, 2.05) is 6.07 Å². The fraction of sp³-hybridized carbons (Fsp3) is 0.444. The van der Waals surface area contributed by atoms with Gasteiger partial charge in [0.25, 0.3) is 11.8 Å². The number of hydrogen-bond acceptors (Lipinski definition) is 5. The molecule has 1 aliphatic carbocycles. The third kappa shape index (κ3) is 3.47. The highest BCUT2D eigenvalue weighted by molar-refractivity contribution is 6.08. The van der Waals surface area contributed by atoms with E-state index in [4.69, 9.17) is 10.00 Å². The summed E-state index contributed by atoms with van der Waals surface area (Å²) in [6.07, 6.45) is 2.85. The van der Waals surface area contributed by atoms with Gasteiger partial charge in [0.05, 0.1) is 11.6 Å². The summed E-state index contributed by atoms with van der Waals surface area (Å²) in [4.78, 5) is 36.8. The van der Waals surface area contributed by atoms with Crippen molar-refractivity contribution in [3.8, 4) is 11.8 Å². The van der Waals surface area contributed by atoms with Crippen LogP contribution in [0.3, 0.4) is 0 Å². The SMILES string of the molecule is CC1CCC2(CC1)NC(=O)N(NC(=O)COc1cccc(C#N)c1)C2=O. The zero-order valence-electron chi connectivity index (χ0n) is 14.4. The van der Waals surface area contributed by atoms with E-state index in [-0.39, 0.29) is 6.61 Å². The minimum atomic E-state index is -0.904. The van der Waals surface area contributed by atoms with Crippen LogP contribution in [0.2, 0.25) is 0 Å². The number of imide groups is 1. The Balaban J connectivity index is 1.58. The molecule has 1 aromatic rings. The zero-order valence-corrected chi connectivity index (χ0v) is 14.4. The molecule has 1 heterocycles. The molecule has 0 radical (unpaired) electrons. The number of carbonyl (C=O) groups excluding carboxylic acids is 3. The summed E-state index contributed by atoms with van der Waals surface area (Å²) in [5.74, 6) is -0.174. The van der Waals surface area contributed by atoms with Gasteiger partial charge in [0.15, 0.2) is 6.61 Å². The molecule has 1 saturated heterocycles. The van der Waals surface area contributed by atoms with E-state index in [9.17, 15) is 14.4 Å². The fourth-order valence-electron chi connectivity index (χ4n) is 3.28. The number of nitrogens with one attached hydrogen (secondary N) is 2. The van der Waals surface area contributed by atoms with Gasteiger partial charge in [-0.1, -0.05) is 13.0 Å². The highest BCUT2D eigenvalue weighted by Gasteiger charge is 2.52. The molecule has 136 valence electrons. The zero-order chi connectivity index (χ0) is 18.7. The number of amides is 4. The second-order valence-corrected chi connectivity index (χ2v) is 6.80. The van der Waals surface area contributed by atoms with Gasteiger partial charge in [0, 0.05) is 0 Å². The molecule has 8 heteroatoms. The summed E-state index contributed by atoms with van der Waals surface area (Å²) in [6, 6.07) is 7.72. The topological polar surface area (TPSA) is 112 Å². The molecule has 0 aromatic heterocycles. The maximum atomic E-state index is 12.6. The van der Waals surface area contributed by atoms with Gasteiger partial charge in [-0.2, -0.15) is 10.3 Å². The van der Waals surface area contributed by atoms with Crippen molar-refractivity contribution in [2.45, 2.75) is 38.1 Å². The molecule has 0 unspecified atom stereocenters. The second-order valence-electron chi connectivity index (χ2n) is 6.80. The van der Waals surface area contributed by atoms with Gasteiger partial charge in [0.2, 0.25) is 0 Å². The molecule has 26 heavy (non-hydrogen) atoms. The van der Waals surface area contributed by atoms with Crippen molar-refractivity contribution in [2.75, 3.05) is 6.61 Å². The van der Waals surface area contributed by atoms with Gasteiger partial charge in [0.1, 0.15) is 11.3 Å². The quantitative estimate of drug-likeness (QED) is 0.794. The first-order valence-corrected chi connectivity index (χ1v) is 8.53. The van der Waals surface area contributed by atoms with Crippen LogP contribution < -0.4 is 15.5 Å². The molecule has 0 atom stereocenters. The molecule has 3 rings (SSSR count). The van der Waals surface area contributed by atoms with Crippen molar-refractivity contribution in [2.24, 2.45) is 5.92 Å². The highest BCUT2D eigenvalue weighted by Crippen LogP contribution is 2.35.